The maximum Gasteiger partial charge on any atom is 0.352 e. The zero-order chi connectivity index (χ0) is 14.0. The molecule has 19 heavy (non-hydrogen) atoms. The molecule has 0 saturated carbocycles. The first-order chi connectivity index (χ1) is 9.02. The molecule has 0 radical (unpaired) electrons. The van der Waals surface area contributed by atoms with Gasteiger partial charge in [-0.2, -0.15) is 0 Å². The van der Waals surface area contributed by atoms with Crippen LogP contribution >= 0.6 is 0 Å². The Morgan fingerprint density at radius 3 is 2.58 bits per heavy atom. The van der Waals surface area contributed by atoms with E-state index in [1.54, 1.807) is 10.6 Å². The molecule has 4 nitrogen and oxygen atoms in total. The highest BCUT2D eigenvalue weighted by atomic mass is 16.4. The van der Waals surface area contributed by atoms with E-state index in [-0.39, 0.29) is 11.5 Å². The lowest BCUT2D eigenvalue weighted by Crippen LogP contribution is -2.10. The summed E-state index contributed by atoms with van der Waals surface area (Å²) in [5.74, 6) is -0.902. The fourth-order valence-electron chi connectivity index (χ4n) is 2.23. The number of carbonyl (C=O) groups is 2. The largest absolute Gasteiger partial charge is 0.477 e. The number of hydrogen-bond donors (Lipinski definition) is 1. The zero-order valence-electron chi connectivity index (χ0n) is 11.1. The number of aromatic carboxylic acids is 1. The van der Waals surface area contributed by atoms with Crippen LogP contribution in [0.25, 0.3) is 10.9 Å². The molecule has 0 aliphatic heterocycles. The number of carboxylic acid groups (broad SMARTS) is 1. The number of benzene rings is 1. The third kappa shape index (κ3) is 2.67. The monoisotopic (exact) mass is 259 g/mol. The van der Waals surface area contributed by atoms with E-state index in [9.17, 15) is 14.7 Å². The number of aromatic nitrogens is 1. The summed E-state index contributed by atoms with van der Waals surface area (Å²) in [4.78, 5) is 22.4. The van der Waals surface area contributed by atoms with E-state index in [2.05, 4.69) is 6.92 Å². The van der Waals surface area contributed by atoms with Crippen LogP contribution in [0.3, 0.4) is 0 Å². The summed E-state index contributed by atoms with van der Waals surface area (Å²) in [7, 11) is 0. The number of Topliss-reactive ketones (excluding diaryl/α,β-unsaturated/α-hetero) is 1. The van der Waals surface area contributed by atoms with Gasteiger partial charge >= 0.3 is 5.97 Å². The minimum Gasteiger partial charge on any atom is -0.477 e. The van der Waals surface area contributed by atoms with E-state index in [0.29, 0.717) is 13.0 Å². The number of rotatable bonds is 5. The highest BCUT2D eigenvalue weighted by Crippen LogP contribution is 2.22. The average molecular weight is 259 g/mol. The predicted octanol–water partition coefficient (Wildman–Crippen LogP) is 2.88. The molecule has 1 aromatic carbocycles. The Morgan fingerprint density at radius 2 is 2.00 bits per heavy atom. The van der Waals surface area contributed by atoms with Crippen LogP contribution in [0.5, 0.6) is 0 Å². The first kappa shape index (κ1) is 13.3. The number of carbonyl (C=O) groups excluding carboxylic acids is 1. The van der Waals surface area contributed by atoms with Crippen LogP contribution in [0.1, 0.15) is 36.3 Å². The molecule has 0 aliphatic carbocycles. The number of aryl methyl sites for hydroxylation is 2. The maximum absolute atomic E-state index is 11.3. The molecule has 0 atom stereocenters. The van der Waals surface area contributed by atoms with Crippen molar-refractivity contribution in [3.63, 3.8) is 0 Å². The average Bonchev–Trinajstić information content (AvgIpc) is 2.73. The van der Waals surface area contributed by atoms with Crippen LogP contribution < -0.4 is 0 Å². The standard InChI is InChI=1S/C15H17NO3/c1-3-11-4-5-13-12(8-11)9-14(15(18)19)16(13)7-6-10(2)17/h4-5,8-9H,3,6-7H2,1-2H3,(H,18,19). The van der Waals surface area contributed by atoms with Gasteiger partial charge in [-0.15, -0.1) is 0 Å². The summed E-state index contributed by atoms with van der Waals surface area (Å²) in [6.45, 7) is 3.99. The van der Waals surface area contributed by atoms with Gasteiger partial charge in [0.1, 0.15) is 11.5 Å². The first-order valence-corrected chi connectivity index (χ1v) is 6.37. The molecule has 2 rings (SSSR count). The van der Waals surface area contributed by atoms with E-state index in [4.69, 9.17) is 0 Å². The Morgan fingerprint density at radius 1 is 1.26 bits per heavy atom. The summed E-state index contributed by atoms with van der Waals surface area (Å²) in [6, 6.07) is 7.61. The molecule has 2 aromatic rings. The van der Waals surface area contributed by atoms with E-state index in [1.165, 1.54) is 12.5 Å². The summed E-state index contributed by atoms with van der Waals surface area (Å²) in [5, 5.41) is 10.2. The number of hydrogen-bond acceptors (Lipinski definition) is 2. The lowest BCUT2D eigenvalue weighted by Gasteiger charge is -2.07. The summed E-state index contributed by atoms with van der Waals surface area (Å²) >= 11 is 0. The molecular formula is C15H17NO3. The number of carboxylic acids is 1. The van der Waals surface area contributed by atoms with Crippen LogP contribution in [-0.2, 0) is 17.8 Å². The molecule has 1 heterocycles. The van der Waals surface area contributed by atoms with Crippen LogP contribution in [0.4, 0.5) is 0 Å². The van der Waals surface area contributed by atoms with E-state index < -0.39 is 5.97 Å². The Balaban J connectivity index is 2.53. The van der Waals surface area contributed by atoms with Crippen molar-refractivity contribution in [2.24, 2.45) is 0 Å². The topological polar surface area (TPSA) is 59.3 Å². The third-order valence-electron chi connectivity index (χ3n) is 3.28. The van der Waals surface area contributed by atoms with Crippen molar-refractivity contribution >= 4 is 22.7 Å². The Kier molecular flexibility index (Phi) is 3.69. The molecular weight excluding hydrogens is 242 g/mol. The quantitative estimate of drug-likeness (QED) is 0.898. The van der Waals surface area contributed by atoms with Gasteiger partial charge in [0.2, 0.25) is 0 Å². The highest BCUT2D eigenvalue weighted by Gasteiger charge is 2.14. The van der Waals surface area contributed by atoms with Crippen molar-refractivity contribution in [2.45, 2.75) is 33.2 Å². The van der Waals surface area contributed by atoms with Gasteiger partial charge in [0, 0.05) is 23.9 Å². The fourth-order valence-corrected chi connectivity index (χ4v) is 2.23. The normalized spacial score (nSPS) is 10.8. The van der Waals surface area contributed by atoms with Crippen molar-refractivity contribution in [3.8, 4) is 0 Å². The molecule has 0 fully saturated rings. The summed E-state index contributed by atoms with van der Waals surface area (Å²) in [6.07, 6.45) is 1.26. The molecule has 0 unspecified atom stereocenters. The van der Waals surface area contributed by atoms with Crippen molar-refractivity contribution < 1.29 is 14.7 Å². The number of nitrogens with zero attached hydrogens (tertiary/aromatic N) is 1. The van der Waals surface area contributed by atoms with Crippen LogP contribution in [-0.4, -0.2) is 21.4 Å². The first-order valence-electron chi connectivity index (χ1n) is 6.37. The SMILES string of the molecule is CCc1ccc2c(c1)cc(C(=O)O)n2CCC(C)=O. The smallest absolute Gasteiger partial charge is 0.352 e. The van der Waals surface area contributed by atoms with Crippen molar-refractivity contribution in [1.82, 2.24) is 4.57 Å². The Bertz CT molecular complexity index is 640. The molecule has 0 aliphatic rings. The molecule has 0 bridgehead atoms. The fraction of sp³-hybridized carbons (Fsp3) is 0.333. The highest BCUT2D eigenvalue weighted by molar-refractivity contribution is 5.95. The molecule has 0 saturated heterocycles. The van der Waals surface area contributed by atoms with Gasteiger partial charge in [0.15, 0.2) is 0 Å². The van der Waals surface area contributed by atoms with E-state index in [0.717, 1.165) is 17.3 Å². The Labute approximate surface area is 111 Å². The number of fused-ring (bicyclic) bond motifs is 1. The second-order valence-corrected chi connectivity index (χ2v) is 4.69. The Hall–Kier alpha value is -2.10. The lowest BCUT2D eigenvalue weighted by molar-refractivity contribution is -0.117. The summed E-state index contributed by atoms with van der Waals surface area (Å²) < 4.78 is 1.71. The van der Waals surface area contributed by atoms with Crippen molar-refractivity contribution in [2.75, 3.05) is 0 Å². The third-order valence-corrected chi connectivity index (χ3v) is 3.28. The molecule has 0 spiro atoms. The van der Waals surface area contributed by atoms with Gasteiger partial charge < -0.3 is 9.67 Å². The minimum atomic E-state index is -0.960. The molecule has 0 amide bonds. The van der Waals surface area contributed by atoms with Crippen LogP contribution in [0.2, 0.25) is 0 Å². The van der Waals surface area contributed by atoms with Gasteiger partial charge in [-0.25, -0.2) is 4.79 Å². The van der Waals surface area contributed by atoms with Crippen LogP contribution in [0.15, 0.2) is 24.3 Å². The lowest BCUT2D eigenvalue weighted by atomic mass is 10.1. The van der Waals surface area contributed by atoms with E-state index >= 15 is 0 Å². The minimum absolute atomic E-state index is 0.0587. The van der Waals surface area contributed by atoms with E-state index in [1.807, 2.05) is 18.2 Å². The molecule has 100 valence electrons. The zero-order valence-corrected chi connectivity index (χ0v) is 11.1. The number of ketones is 1. The van der Waals surface area contributed by atoms with Gasteiger partial charge in [-0.1, -0.05) is 13.0 Å². The second-order valence-electron chi connectivity index (χ2n) is 4.69. The predicted molar refractivity (Wildman–Crippen MR) is 73.6 cm³/mol. The van der Waals surface area contributed by atoms with Gasteiger partial charge in [-0.05, 0) is 37.1 Å². The molecule has 1 aromatic heterocycles. The van der Waals surface area contributed by atoms with Crippen molar-refractivity contribution in [3.05, 3.63) is 35.5 Å². The van der Waals surface area contributed by atoms with Gasteiger partial charge in [-0.3, -0.25) is 4.79 Å². The summed E-state index contributed by atoms with van der Waals surface area (Å²) in [5.41, 5.74) is 2.29. The van der Waals surface area contributed by atoms with Crippen LogP contribution in [0, 0.1) is 0 Å². The van der Waals surface area contributed by atoms with Gasteiger partial charge in [0.25, 0.3) is 0 Å². The maximum atomic E-state index is 11.3. The second kappa shape index (κ2) is 5.26. The molecule has 1 N–H and O–H groups in total. The van der Waals surface area contributed by atoms with Crippen molar-refractivity contribution in [1.29, 1.82) is 0 Å². The van der Waals surface area contributed by atoms with Gasteiger partial charge in [0.05, 0.1) is 0 Å². The molecule has 4 heteroatoms.